The van der Waals surface area contributed by atoms with Crippen LogP contribution in [0.4, 0.5) is 0 Å². The number of hydrogen-bond acceptors (Lipinski definition) is 0. The molecule has 1 heteroatoms. The monoisotopic (exact) mass is 354 g/mol. The van der Waals surface area contributed by atoms with Gasteiger partial charge in [0.1, 0.15) is 0 Å². The fourth-order valence-corrected chi connectivity index (χ4v) is 3.67. The molecule has 0 aliphatic heterocycles. The van der Waals surface area contributed by atoms with E-state index >= 15 is 0 Å². The molecular formula is C26H35Li. The quantitative estimate of drug-likeness (QED) is 0.688. The van der Waals surface area contributed by atoms with Crippen LogP contribution in [0.3, 0.4) is 0 Å². The van der Waals surface area contributed by atoms with Crippen LogP contribution in [0.2, 0.25) is 0 Å². The van der Waals surface area contributed by atoms with Gasteiger partial charge in [-0.25, -0.2) is 0 Å². The molecule has 3 rings (SSSR count). The second-order valence-electron chi connectivity index (χ2n) is 10.2. The summed E-state index contributed by atoms with van der Waals surface area (Å²) in [4.78, 5) is 0. The number of benzene rings is 2. The third kappa shape index (κ3) is 4.61. The maximum atomic E-state index is 2.44. The molecular weight excluding hydrogens is 319 g/mol. The van der Waals surface area contributed by atoms with Gasteiger partial charge in [-0.05, 0) is 56.5 Å². The molecule has 2 aromatic rings. The summed E-state index contributed by atoms with van der Waals surface area (Å²) >= 11 is 0. The van der Waals surface area contributed by atoms with Gasteiger partial charge in [0.25, 0.3) is 0 Å². The average Bonchev–Trinajstić information content (AvgIpc) is 2.97. The Balaban J connectivity index is 0.00000196. The van der Waals surface area contributed by atoms with Crippen molar-refractivity contribution >= 4 is 6.08 Å². The summed E-state index contributed by atoms with van der Waals surface area (Å²) < 4.78 is 0. The Bertz CT molecular complexity index is 829. The van der Waals surface area contributed by atoms with Crippen LogP contribution in [0.15, 0.2) is 42.0 Å². The van der Waals surface area contributed by atoms with Crippen LogP contribution in [0, 0.1) is 5.92 Å². The first-order chi connectivity index (χ1) is 12.0. The van der Waals surface area contributed by atoms with Crippen molar-refractivity contribution in [2.75, 3.05) is 0 Å². The van der Waals surface area contributed by atoms with Gasteiger partial charge in [0.05, 0.1) is 0 Å². The standard InChI is InChI=1S/C26H34.Li.H/c1-17(2)19-12-18-10-9-11-23(24(18)15-19)20-13-21(25(3,4)5)16-22(14-20)26(6,7)8;;/h9-11,13-17H,12H2,1-8H3;;/q;+1;-1. The molecule has 0 N–H and O–H groups in total. The fourth-order valence-electron chi connectivity index (χ4n) is 3.67. The van der Waals surface area contributed by atoms with Crippen LogP contribution in [-0.2, 0) is 17.3 Å². The molecule has 0 atom stereocenters. The molecule has 0 radical (unpaired) electrons. The molecule has 0 saturated carbocycles. The van der Waals surface area contributed by atoms with Crippen LogP contribution in [0.25, 0.3) is 17.2 Å². The van der Waals surface area contributed by atoms with Crippen molar-refractivity contribution < 1.29 is 20.3 Å². The first kappa shape index (κ1) is 22.1. The van der Waals surface area contributed by atoms with Gasteiger partial charge in [-0.3, -0.25) is 0 Å². The van der Waals surface area contributed by atoms with Gasteiger partial charge in [0.2, 0.25) is 0 Å². The molecule has 0 unspecified atom stereocenters. The van der Waals surface area contributed by atoms with E-state index in [0.717, 1.165) is 6.42 Å². The topological polar surface area (TPSA) is 0 Å². The van der Waals surface area contributed by atoms with Gasteiger partial charge in [-0.1, -0.05) is 103 Å². The summed E-state index contributed by atoms with van der Waals surface area (Å²) in [6.45, 7) is 18.5. The van der Waals surface area contributed by atoms with Gasteiger partial charge >= 0.3 is 18.9 Å². The minimum absolute atomic E-state index is 0. The molecule has 0 aromatic heterocycles. The zero-order chi connectivity index (χ0) is 19.3. The molecule has 1 aliphatic rings. The van der Waals surface area contributed by atoms with Crippen molar-refractivity contribution in [2.24, 2.45) is 5.92 Å². The number of rotatable bonds is 2. The third-order valence-corrected chi connectivity index (χ3v) is 5.64. The molecule has 0 saturated heterocycles. The molecule has 0 amide bonds. The van der Waals surface area contributed by atoms with Crippen LogP contribution in [0.5, 0.6) is 0 Å². The second-order valence-corrected chi connectivity index (χ2v) is 10.2. The summed E-state index contributed by atoms with van der Waals surface area (Å²) in [6.07, 6.45) is 3.54. The van der Waals surface area contributed by atoms with E-state index in [9.17, 15) is 0 Å². The van der Waals surface area contributed by atoms with Crippen molar-refractivity contribution in [3.8, 4) is 11.1 Å². The maximum Gasteiger partial charge on any atom is 1.00 e. The van der Waals surface area contributed by atoms with E-state index in [1.165, 1.54) is 33.4 Å². The maximum absolute atomic E-state index is 2.44. The van der Waals surface area contributed by atoms with Crippen molar-refractivity contribution in [3.63, 3.8) is 0 Å². The second kappa shape index (κ2) is 7.66. The first-order valence-electron chi connectivity index (χ1n) is 9.95. The van der Waals surface area contributed by atoms with E-state index in [2.05, 4.69) is 97.9 Å². The molecule has 0 fully saturated rings. The van der Waals surface area contributed by atoms with E-state index in [1.54, 1.807) is 5.57 Å². The summed E-state index contributed by atoms with van der Waals surface area (Å²) in [5, 5.41) is 0. The van der Waals surface area contributed by atoms with E-state index < -0.39 is 0 Å². The van der Waals surface area contributed by atoms with Gasteiger partial charge in [0.15, 0.2) is 0 Å². The predicted molar refractivity (Wildman–Crippen MR) is 117 cm³/mol. The van der Waals surface area contributed by atoms with E-state index in [4.69, 9.17) is 0 Å². The van der Waals surface area contributed by atoms with Crippen molar-refractivity contribution in [1.82, 2.24) is 0 Å². The minimum Gasteiger partial charge on any atom is -1.00 e. The van der Waals surface area contributed by atoms with Gasteiger partial charge in [-0.15, -0.1) is 0 Å². The van der Waals surface area contributed by atoms with Crippen LogP contribution < -0.4 is 18.9 Å². The van der Waals surface area contributed by atoms with E-state index in [-0.39, 0.29) is 31.1 Å². The smallest absolute Gasteiger partial charge is 1.00 e. The molecule has 2 aromatic carbocycles. The Morgan fingerprint density at radius 3 is 1.89 bits per heavy atom. The Kier molecular flexibility index (Phi) is 6.26. The van der Waals surface area contributed by atoms with Crippen LogP contribution >= 0.6 is 0 Å². The van der Waals surface area contributed by atoms with Crippen molar-refractivity contribution in [3.05, 3.63) is 64.2 Å². The fraction of sp³-hybridized carbons (Fsp3) is 0.462. The average molecular weight is 355 g/mol. The molecule has 0 heterocycles. The Hall–Kier alpha value is -1.22. The zero-order valence-electron chi connectivity index (χ0n) is 19.8. The Morgan fingerprint density at radius 1 is 0.852 bits per heavy atom. The normalized spacial score (nSPS) is 14.0. The third-order valence-electron chi connectivity index (χ3n) is 5.64. The van der Waals surface area contributed by atoms with Crippen LogP contribution in [0.1, 0.15) is 79.1 Å². The minimum atomic E-state index is 0. The largest absolute Gasteiger partial charge is 1.00 e. The summed E-state index contributed by atoms with van der Waals surface area (Å²) in [6, 6.07) is 14.0. The van der Waals surface area contributed by atoms with E-state index in [0.29, 0.717) is 5.92 Å². The predicted octanol–water partition coefficient (Wildman–Crippen LogP) is 4.66. The number of fused-ring (bicyclic) bond motifs is 1. The molecule has 1 aliphatic carbocycles. The Morgan fingerprint density at radius 2 is 1.41 bits per heavy atom. The zero-order valence-corrected chi connectivity index (χ0v) is 18.8. The van der Waals surface area contributed by atoms with Gasteiger partial charge in [-0.2, -0.15) is 0 Å². The van der Waals surface area contributed by atoms with Crippen LogP contribution in [-0.4, -0.2) is 0 Å². The molecule has 27 heavy (non-hydrogen) atoms. The Labute approximate surface area is 180 Å². The molecule has 0 spiro atoms. The molecule has 0 nitrogen and oxygen atoms in total. The van der Waals surface area contributed by atoms with Crippen molar-refractivity contribution in [2.45, 2.75) is 72.6 Å². The summed E-state index contributed by atoms with van der Waals surface area (Å²) in [5.41, 5.74) is 10.3. The van der Waals surface area contributed by atoms with Gasteiger partial charge in [0, 0.05) is 0 Å². The molecule has 140 valence electrons. The first-order valence-corrected chi connectivity index (χ1v) is 9.95. The SMILES string of the molecule is CC(C)C1=Cc2c(cccc2-c2cc(C(C)(C)C)cc(C(C)(C)C)c2)C1.[H-].[Li+]. The summed E-state index contributed by atoms with van der Waals surface area (Å²) in [5.74, 6) is 0.612. The summed E-state index contributed by atoms with van der Waals surface area (Å²) in [7, 11) is 0. The number of allylic oxidation sites excluding steroid dienone is 1. The molecule has 0 bridgehead atoms. The van der Waals surface area contributed by atoms with E-state index in [1.807, 2.05) is 0 Å². The number of hydrogen-bond donors (Lipinski definition) is 0. The van der Waals surface area contributed by atoms with Gasteiger partial charge < -0.3 is 1.43 Å². The van der Waals surface area contributed by atoms with Crippen molar-refractivity contribution in [1.29, 1.82) is 0 Å².